The van der Waals surface area contributed by atoms with Crippen LogP contribution in [0.5, 0.6) is 0 Å². The summed E-state index contributed by atoms with van der Waals surface area (Å²) in [5.41, 5.74) is -7.23. The van der Waals surface area contributed by atoms with Crippen LogP contribution in [0.1, 0.15) is 45.4 Å². The lowest BCUT2D eigenvalue weighted by atomic mass is 10.1. The number of aryl methyl sites for hydroxylation is 1. The summed E-state index contributed by atoms with van der Waals surface area (Å²) < 4.78 is 106. The average Bonchev–Trinajstić information content (AvgIpc) is 3.05. The number of nitrogens with one attached hydrogen (secondary N) is 2. The predicted octanol–water partition coefficient (Wildman–Crippen LogP) is 5.14. The van der Waals surface area contributed by atoms with Crippen LogP contribution >= 0.6 is 11.6 Å². The Morgan fingerprint density at radius 1 is 1.06 bits per heavy atom. The summed E-state index contributed by atoms with van der Waals surface area (Å²) in [6.07, 6.45) is -11.6. The molecule has 2 N–H and O–H groups in total. The Balaban J connectivity index is 2.53. The highest BCUT2D eigenvalue weighted by Crippen LogP contribution is 2.48. The summed E-state index contributed by atoms with van der Waals surface area (Å²) in [7, 11) is 0.603. The number of carbonyl (C=O) groups excluding carboxylic acids is 2. The van der Waals surface area contributed by atoms with Crippen LogP contribution in [-0.4, -0.2) is 34.3 Å². The Hall–Kier alpha value is -2.90. The highest BCUT2D eigenvalue weighted by Gasteiger charge is 2.64. The van der Waals surface area contributed by atoms with Crippen molar-refractivity contribution in [1.82, 2.24) is 15.1 Å². The number of alkyl halides is 8. The van der Waals surface area contributed by atoms with Crippen molar-refractivity contribution in [2.75, 3.05) is 11.9 Å². The summed E-state index contributed by atoms with van der Waals surface area (Å²) in [6, 6.07) is 3.22. The topological polar surface area (TPSA) is 76.0 Å². The summed E-state index contributed by atoms with van der Waals surface area (Å²) in [4.78, 5) is 24.6. The number of halogens is 9. The highest BCUT2D eigenvalue weighted by molar-refractivity contribution is 6.34. The van der Waals surface area contributed by atoms with E-state index in [2.05, 4.69) is 10.4 Å². The van der Waals surface area contributed by atoms with Gasteiger partial charge in [-0.05, 0) is 24.6 Å². The quantitative estimate of drug-likeness (QED) is 0.533. The second-order valence-corrected chi connectivity index (χ2v) is 7.08. The van der Waals surface area contributed by atoms with Crippen molar-refractivity contribution < 1.29 is 44.7 Å². The molecule has 0 bridgehead atoms. The molecule has 2 aromatic rings. The molecule has 0 saturated carbocycles. The van der Waals surface area contributed by atoms with Gasteiger partial charge in [-0.25, -0.2) is 0 Å². The Bertz CT molecular complexity index is 1060. The minimum atomic E-state index is -6.40. The van der Waals surface area contributed by atoms with E-state index in [1.54, 1.807) is 6.92 Å². The van der Waals surface area contributed by atoms with Gasteiger partial charge < -0.3 is 10.6 Å². The van der Waals surface area contributed by atoms with Gasteiger partial charge in [0.25, 0.3) is 11.8 Å². The second-order valence-electron chi connectivity index (χ2n) is 6.67. The first-order valence-corrected chi connectivity index (χ1v) is 9.38. The maximum Gasteiger partial charge on any atom is 0.459 e. The van der Waals surface area contributed by atoms with E-state index in [0.29, 0.717) is 13.5 Å². The van der Waals surface area contributed by atoms with Gasteiger partial charge in [0.15, 0.2) is 5.69 Å². The van der Waals surface area contributed by atoms with Crippen molar-refractivity contribution in [3.05, 3.63) is 45.7 Å². The maximum absolute atomic E-state index is 13.7. The first kappa shape index (κ1) is 26.4. The van der Waals surface area contributed by atoms with Gasteiger partial charge in [-0.15, -0.1) is 0 Å². The summed E-state index contributed by atoms with van der Waals surface area (Å²) >= 11 is 5.90. The largest absolute Gasteiger partial charge is 0.459 e. The number of anilines is 1. The van der Waals surface area contributed by atoms with Crippen LogP contribution in [-0.2, 0) is 19.1 Å². The lowest BCUT2D eigenvalue weighted by molar-refractivity contribution is -0.292. The molecule has 0 atom stereocenters. The van der Waals surface area contributed by atoms with Crippen molar-refractivity contribution >= 4 is 29.1 Å². The fraction of sp³-hybridized carbons (Fsp3) is 0.389. The molecule has 2 amide bonds. The summed E-state index contributed by atoms with van der Waals surface area (Å²) in [6.45, 7) is 2.03. The van der Waals surface area contributed by atoms with E-state index in [1.807, 2.05) is 5.32 Å². The number of aromatic nitrogens is 2. The van der Waals surface area contributed by atoms with Crippen LogP contribution in [0.2, 0.25) is 5.02 Å². The number of amides is 2. The Morgan fingerprint density at radius 2 is 1.67 bits per heavy atom. The summed E-state index contributed by atoms with van der Waals surface area (Å²) in [5.74, 6) is -8.34. The molecule has 182 valence electrons. The van der Waals surface area contributed by atoms with Crippen LogP contribution < -0.4 is 10.6 Å². The van der Waals surface area contributed by atoms with Crippen molar-refractivity contribution in [2.45, 2.75) is 31.6 Å². The number of rotatable bonds is 6. The van der Waals surface area contributed by atoms with Crippen LogP contribution in [0, 0.1) is 0 Å². The minimum Gasteiger partial charge on any atom is -0.352 e. The molecule has 0 fully saturated rings. The first-order chi connectivity index (χ1) is 15.0. The van der Waals surface area contributed by atoms with E-state index in [-0.39, 0.29) is 27.5 Å². The highest BCUT2D eigenvalue weighted by atomic mass is 35.5. The van der Waals surface area contributed by atoms with Crippen molar-refractivity contribution in [3.63, 3.8) is 0 Å². The molecule has 2 rings (SSSR count). The predicted molar refractivity (Wildman–Crippen MR) is 100 cm³/mol. The molecule has 0 unspecified atom stereocenters. The molecule has 0 aliphatic rings. The van der Waals surface area contributed by atoms with Gasteiger partial charge in [-0.2, -0.15) is 40.2 Å². The second kappa shape index (κ2) is 9.15. The van der Waals surface area contributed by atoms with Crippen LogP contribution in [0.3, 0.4) is 0 Å². The molecular weight excluding hydrogens is 492 g/mol. The van der Waals surface area contributed by atoms with Gasteiger partial charge >= 0.3 is 18.3 Å². The fourth-order valence-electron chi connectivity index (χ4n) is 2.71. The monoisotopic (exact) mass is 506 g/mol. The van der Waals surface area contributed by atoms with Gasteiger partial charge in [-0.1, -0.05) is 18.5 Å². The third-order valence-corrected chi connectivity index (χ3v) is 4.53. The van der Waals surface area contributed by atoms with E-state index in [9.17, 15) is 44.7 Å². The van der Waals surface area contributed by atoms with Crippen molar-refractivity contribution in [1.29, 1.82) is 0 Å². The van der Waals surface area contributed by atoms with Crippen LogP contribution in [0.4, 0.5) is 40.8 Å². The SMILES string of the molecule is CCCNC(=O)c1cc(NC(=O)c2c(C(F)(F)F)c(C(F)(F)C(F)(F)F)nn2C)ccc1Cl. The number of carbonyl (C=O) groups is 2. The van der Waals surface area contributed by atoms with Gasteiger partial charge in [0.1, 0.15) is 11.3 Å². The number of hydrogen-bond acceptors (Lipinski definition) is 3. The van der Waals surface area contributed by atoms with E-state index >= 15 is 0 Å². The molecule has 6 nitrogen and oxygen atoms in total. The molecule has 15 heteroatoms. The minimum absolute atomic E-state index is 0.0298. The standard InChI is InChI=1S/C18H15ClF8N4O2/c1-3-6-28-14(32)9-7-8(4-5-10(9)19)29-15(33)12-11(17(22,23)24)13(30-31(12)2)16(20,21)18(25,26)27/h4-5,7H,3,6H2,1-2H3,(H,28,32)(H,29,33). The van der Waals surface area contributed by atoms with E-state index < -0.39 is 47.0 Å². The molecule has 0 spiro atoms. The Labute approximate surface area is 185 Å². The zero-order chi connectivity index (χ0) is 25.4. The number of nitrogens with zero attached hydrogens (tertiary/aromatic N) is 2. The van der Waals surface area contributed by atoms with Crippen molar-refractivity contribution in [3.8, 4) is 0 Å². The van der Waals surface area contributed by atoms with Crippen molar-refractivity contribution in [2.24, 2.45) is 7.05 Å². The van der Waals surface area contributed by atoms with Crippen LogP contribution in [0.15, 0.2) is 18.2 Å². The summed E-state index contributed by atoms with van der Waals surface area (Å²) in [5, 5.41) is 7.00. The molecule has 1 aromatic heterocycles. The Morgan fingerprint density at radius 3 is 2.18 bits per heavy atom. The number of benzene rings is 1. The van der Waals surface area contributed by atoms with E-state index in [0.717, 1.165) is 18.2 Å². The van der Waals surface area contributed by atoms with Crippen LogP contribution in [0.25, 0.3) is 0 Å². The third-order valence-electron chi connectivity index (χ3n) is 4.20. The lowest BCUT2D eigenvalue weighted by Gasteiger charge is -2.19. The molecule has 0 saturated heterocycles. The zero-order valence-corrected chi connectivity index (χ0v) is 17.5. The van der Waals surface area contributed by atoms with Gasteiger partial charge in [0, 0.05) is 19.3 Å². The molecule has 33 heavy (non-hydrogen) atoms. The zero-order valence-electron chi connectivity index (χ0n) is 16.8. The molecule has 0 aliphatic carbocycles. The van der Waals surface area contributed by atoms with E-state index in [4.69, 9.17) is 11.6 Å². The average molecular weight is 507 g/mol. The molecular formula is C18H15ClF8N4O2. The third kappa shape index (κ3) is 5.37. The smallest absolute Gasteiger partial charge is 0.352 e. The fourth-order valence-corrected chi connectivity index (χ4v) is 2.91. The molecule has 0 radical (unpaired) electrons. The molecule has 1 heterocycles. The van der Waals surface area contributed by atoms with Gasteiger partial charge in [0.05, 0.1) is 10.6 Å². The maximum atomic E-state index is 13.7. The molecule has 1 aromatic carbocycles. The van der Waals surface area contributed by atoms with Gasteiger partial charge in [-0.3, -0.25) is 14.3 Å². The van der Waals surface area contributed by atoms with Gasteiger partial charge in [0.2, 0.25) is 0 Å². The first-order valence-electron chi connectivity index (χ1n) is 9.00. The molecule has 0 aliphatic heterocycles. The normalized spacial score (nSPS) is 12.6. The Kier molecular flexibility index (Phi) is 7.31. The lowest BCUT2D eigenvalue weighted by Crippen LogP contribution is -2.36. The van der Waals surface area contributed by atoms with E-state index in [1.165, 1.54) is 0 Å². The number of hydrogen-bond donors (Lipinski definition) is 2.